The average Bonchev–Trinajstić information content (AvgIpc) is 2.69. The number of amides is 1. The van der Waals surface area contributed by atoms with Gasteiger partial charge < -0.3 is 15.8 Å². The highest BCUT2D eigenvalue weighted by Gasteiger charge is 2.14. The molecular weight excluding hydrogens is 262 g/mol. The number of benzene rings is 1. The third-order valence-corrected chi connectivity index (χ3v) is 3.41. The molecule has 1 heterocycles. The molecule has 3 N–H and O–H groups in total. The number of aryl methyl sites for hydroxylation is 1. The van der Waals surface area contributed by atoms with Crippen molar-refractivity contribution in [2.24, 2.45) is 0 Å². The molecule has 0 bridgehead atoms. The second-order valence-electron chi connectivity index (χ2n) is 3.88. The lowest BCUT2D eigenvalue weighted by molar-refractivity contribution is 0.103. The lowest BCUT2D eigenvalue weighted by Gasteiger charge is -2.07. The van der Waals surface area contributed by atoms with Crippen LogP contribution in [0, 0.1) is 6.92 Å². The highest BCUT2D eigenvalue weighted by atomic mass is 32.1. The maximum absolute atomic E-state index is 12.1. The molecule has 0 saturated heterocycles. The molecule has 0 aliphatic heterocycles. The molecular formula is C13H15N3O2S. The smallest absolute Gasteiger partial charge is 0.267 e. The first-order valence-corrected chi connectivity index (χ1v) is 6.69. The summed E-state index contributed by atoms with van der Waals surface area (Å²) < 4.78 is 5.38. The van der Waals surface area contributed by atoms with E-state index in [9.17, 15) is 4.79 Å². The number of nitrogen functional groups attached to an aromatic ring is 1. The second-order valence-corrected chi connectivity index (χ2v) is 4.91. The number of aromatic nitrogens is 1. The summed E-state index contributed by atoms with van der Waals surface area (Å²) in [6.45, 7) is 4.26. The van der Waals surface area contributed by atoms with Gasteiger partial charge >= 0.3 is 0 Å². The van der Waals surface area contributed by atoms with Crippen molar-refractivity contribution < 1.29 is 9.53 Å². The van der Waals surface area contributed by atoms with E-state index in [1.54, 1.807) is 19.1 Å². The summed E-state index contributed by atoms with van der Waals surface area (Å²) in [6, 6.07) is 7.25. The Morgan fingerprint density at radius 3 is 2.95 bits per heavy atom. The zero-order valence-corrected chi connectivity index (χ0v) is 11.6. The van der Waals surface area contributed by atoms with Gasteiger partial charge in [0, 0.05) is 11.8 Å². The molecule has 0 spiro atoms. The standard InChI is InChI=1S/C13H15N3O2S/c1-3-18-10-6-4-5-9(7-10)16-12(17)11-8(2)15-13(14)19-11/h4-7H,3H2,1-2H3,(H2,14,15)(H,16,17). The molecule has 5 nitrogen and oxygen atoms in total. The topological polar surface area (TPSA) is 77.2 Å². The van der Waals surface area contributed by atoms with Crippen molar-refractivity contribution in [2.45, 2.75) is 13.8 Å². The Labute approximate surface area is 115 Å². The number of nitrogens with zero attached hydrogens (tertiary/aromatic N) is 1. The van der Waals surface area contributed by atoms with Crippen molar-refractivity contribution >= 4 is 28.1 Å². The van der Waals surface area contributed by atoms with Gasteiger partial charge in [0.25, 0.3) is 5.91 Å². The Morgan fingerprint density at radius 2 is 2.32 bits per heavy atom. The summed E-state index contributed by atoms with van der Waals surface area (Å²) in [7, 11) is 0. The van der Waals surface area contributed by atoms with Gasteiger partial charge in [0.05, 0.1) is 12.3 Å². The van der Waals surface area contributed by atoms with E-state index in [0.29, 0.717) is 28.0 Å². The number of thiazole rings is 1. The predicted octanol–water partition coefficient (Wildman–Crippen LogP) is 2.68. The van der Waals surface area contributed by atoms with E-state index < -0.39 is 0 Å². The van der Waals surface area contributed by atoms with Gasteiger partial charge in [0.1, 0.15) is 10.6 Å². The summed E-state index contributed by atoms with van der Waals surface area (Å²) in [5.74, 6) is 0.515. The van der Waals surface area contributed by atoms with Crippen LogP contribution in [-0.2, 0) is 0 Å². The van der Waals surface area contributed by atoms with Crippen LogP contribution >= 0.6 is 11.3 Å². The molecule has 2 aromatic rings. The van der Waals surface area contributed by atoms with E-state index in [0.717, 1.165) is 5.75 Å². The van der Waals surface area contributed by atoms with Crippen LogP contribution in [0.3, 0.4) is 0 Å². The van der Waals surface area contributed by atoms with E-state index >= 15 is 0 Å². The summed E-state index contributed by atoms with van der Waals surface area (Å²) in [5.41, 5.74) is 6.90. The first-order chi connectivity index (χ1) is 9.10. The predicted molar refractivity (Wildman–Crippen MR) is 76.8 cm³/mol. The highest BCUT2D eigenvalue weighted by Crippen LogP contribution is 2.22. The molecule has 0 aliphatic carbocycles. The third kappa shape index (κ3) is 3.23. The van der Waals surface area contributed by atoms with Gasteiger partial charge in [-0.25, -0.2) is 4.98 Å². The zero-order chi connectivity index (χ0) is 13.8. The van der Waals surface area contributed by atoms with Crippen molar-refractivity contribution in [3.05, 3.63) is 34.8 Å². The van der Waals surface area contributed by atoms with Crippen LogP contribution in [0.5, 0.6) is 5.75 Å². The number of ether oxygens (including phenoxy) is 1. The van der Waals surface area contributed by atoms with Crippen LogP contribution in [0.15, 0.2) is 24.3 Å². The van der Waals surface area contributed by atoms with Crippen LogP contribution in [0.1, 0.15) is 22.3 Å². The van der Waals surface area contributed by atoms with Gasteiger partial charge in [0.2, 0.25) is 0 Å². The van der Waals surface area contributed by atoms with E-state index in [4.69, 9.17) is 10.5 Å². The monoisotopic (exact) mass is 277 g/mol. The Bertz CT molecular complexity index is 595. The van der Waals surface area contributed by atoms with Gasteiger partial charge in [-0.15, -0.1) is 0 Å². The largest absolute Gasteiger partial charge is 0.494 e. The number of carbonyl (C=O) groups excluding carboxylic acids is 1. The SMILES string of the molecule is CCOc1cccc(NC(=O)c2sc(N)nc2C)c1. The summed E-state index contributed by atoms with van der Waals surface area (Å²) in [5, 5.41) is 3.20. The summed E-state index contributed by atoms with van der Waals surface area (Å²) >= 11 is 1.18. The minimum Gasteiger partial charge on any atom is -0.494 e. The summed E-state index contributed by atoms with van der Waals surface area (Å²) in [6.07, 6.45) is 0. The lowest BCUT2D eigenvalue weighted by Crippen LogP contribution is -2.11. The normalized spacial score (nSPS) is 10.2. The number of hydrogen-bond acceptors (Lipinski definition) is 5. The first-order valence-electron chi connectivity index (χ1n) is 5.87. The van der Waals surface area contributed by atoms with Gasteiger partial charge in [-0.1, -0.05) is 17.4 Å². The van der Waals surface area contributed by atoms with Crippen LogP contribution in [0.4, 0.5) is 10.8 Å². The maximum atomic E-state index is 12.1. The van der Waals surface area contributed by atoms with Gasteiger partial charge in [0.15, 0.2) is 5.13 Å². The maximum Gasteiger partial charge on any atom is 0.267 e. The molecule has 0 unspecified atom stereocenters. The molecule has 100 valence electrons. The molecule has 1 amide bonds. The minimum atomic E-state index is -0.208. The van der Waals surface area contributed by atoms with Crippen molar-refractivity contribution in [3.8, 4) is 5.75 Å². The van der Waals surface area contributed by atoms with Gasteiger partial charge in [-0.3, -0.25) is 4.79 Å². The van der Waals surface area contributed by atoms with Gasteiger partial charge in [-0.05, 0) is 26.0 Å². The van der Waals surface area contributed by atoms with Crippen LogP contribution in [0.25, 0.3) is 0 Å². The Morgan fingerprint density at radius 1 is 1.53 bits per heavy atom. The van der Waals surface area contributed by atoms with E-state index in [-0.39, 0.29) is 5.91 Å². The van der Waals surface area contributed by atoms with Crippen LogP contribution in [0.2, 0.25) is 0 Å². The molecule has 1 aromatic carbocycles. The number of hydrogen-bond donors (Lipinski definition) is 2. The fourth-order valence-corrected chi connectivity index (χ4v) is 2.37. The molecule has 0 fully saturated rings. The Hall–Kier alpha value is -2.08. The molecule has 6 heteroatoms. The van der Waals surface area contributed by atoms with E-state index in [2.05, 4.69) is 10.3 Å². The fraction of sp³-hybridized carbons (Fsp3) is 0.231. The van der Waals surface area contributed by atoms with Crippen molar-refractivity contribution in [3.63, 3.8) is 0 Å². The van der Waals surface area contributed by atoms with Gasteiger partial charge in [-0.2, -0.15) is 0 Å². The van der Waals surface area contributed by atoms with E-state index in [1.807, 2.05) is 19.1 Å². The van der Waals surface area contributed by atoms with Crippen molar-refractivity contribution in [1.82, 2.24) is 4.98 Å². The first kappa shape index (κ1) is 13.4. The Balaban J connectivity index is 2.14. The Kier molecular flexibility index (Phi) is 4.01. The lowest BCUT2D eigenvalue weighted by atomic mass is 10.3. The molecule has 0 saturated carbocycles. The number of nitrogens with one attached hydrogen (secondary N) is 1. The molecule has 0 radical (unpaired) electrons. The number of anilines is 2. The number of rotatable bonds is 4. The molecule has 1 aromatic heterocycles. The van der Waals surface area contributed by atoms with Crippen molar-refractivity contribution in [2.75, 3.05) is 17.7 Å². The summed E-state index contributed by atoms with van der Waals surface area (Å²) in [4.78, 5) is 16.6. The molecule has 2 rings (SSSR count). The zero-order valence-electron chi connectivity index (χ0n) is 10.8. The quantitative estimate of drug-likeness (QED) is 0.900. The highest BCUT2D eigenvalue weighted by molar-refractivity contribution is 7.17. The third-order valence-electron chi connectivity index (χ3n) is 2.42. The van der Waals surface area contributed by atoms with Crippen molar-refractivity contribution in [1.29, 1.82) is 0 Å². The average molecular weight is 277 g/mol. The molecule has 19 heavy (non-hydrogen) atoms. The minimum absolute atomic E-state index is 0.208. The number of nitrogens with two attached hydrogens (primary N) is 1. The van der Waals surface area contributed by atoms with Crippen LogP contribution in [-0.4, -0.2) is 17.5 Å². The van der Waals surface area contributed by atoms with E-state index in [1.165, 1.54) is 11.3 Å². The molecule has 0 atom stereocenters. The number of carbonyl (C=O) groups is 1. The second kappa shape index (κ2) is 5.71. The van der Waals surface area contributed by atoms with Crippen LogP contribution < -0.4 is 15.8 Å². The molecule has 0 aliphatic rings. The fourth-order valence-electron chi connectivity index (χ4n) is 1.65.